The SMILES string of the molecule is Cc1sc(C(CN)N(C)C(C)C(C)C)cc1Br. The Bertz CT molecular complexity index is 343. The number of hydrogen-bond acceptors (Lipinski definition) is 3. The lowest BCUT2D eigenvalue weighted by molar-refractivity contribution is 0.154. The zero-order valence-electron chi connectivity index (χ0n) is 11.3. The fourth-order valence-electron chi connectivity index (χ4n) is 1.88. The van der Waals surface area contributed by atoms with Gasteiger partial charge in [-0.15, -0.1) is 11.3 Å². The summed E-state index contributed by atoms with van der Waals surface area (Å²) < 4.78 is 1.20. The molecule has 1 heterocycles. The molecule has 0 fully saturated rings. The van der Waals surface area contributed by atoms with E-state index in [1.165, 1.54) is 14.2 Å². The summed E-state index contributed by atoms with van der Waals surface area (Å²) in [7, 11) is 2.17. The summed E-state index contributed by atoms with van der Waals surface area (Å²) in [4.78, 5) is 5.07. The van der Waals surface area contributed by atoms with Gasteiger partial charge in [0.2, 0.25) is 0 Å². The predicted molar refractivity (Wildman–Crippen MR) is 80.6 cm³/mol. The third kappa shape index (κ3) is 3.53. The molecule has 0 aliphatic carbocycles. The van der Waals surface area contributed by atoms with Crippen LogP contribution in [-0.2, 0) is 0 Å². The second kappa shape index (κ2) is 6.32. The van der Waals surface area contributed by atoms with Crippen LogP contribution in [0, 0.1) is 12.8 Å². The largest absolute Gasteiger partial charge is 0.329 e. The van der Waals surface area contributed by atoms with E-state index in [4.69, 9.17) is 5.73 Å². The molecule has 0 amide bonds. The van der Waals surface area contributed by atoms with E-state index in [-0.39, 0.29) is 0 Å². The number of nitrogens with zero attached hydrogens (tertiary/aromatic N) is 1. The first-order valence-electron chi connectivity index (χ1n) is 6.06. The van der Waals surface area contributed by atoms with E-state index < -0.39 is 0 Å². The molecule has 1 aromatic rings. The molecule has 2 unspecified atom stereocenters. The first kappa shape index (κ1) is 15.2. The summed E-state index contributed by atoms with van der Waals surface area (Å²) >= 11 is 5.42. The average Bonchev–Trinajstić information content (AvgIpc) is 2.58. The number of halogens is 1. The molecule has 0 bridgehead atoms. The second-order valence-corrected chi connectivity index (χ2v) is 7.10. The Balaban J connectivity index is 2.91. The summed E-state index contributed by atoms with van der Waals surface area (Å²) in [5, 5.41) is 0. The van der Waals surface area contributed by atoms with Gasteiger partial charge in [0.05, 0.1) is 6.04 Å². The summed E-state index contributed by atoms with van der Waals surface area (Å²) in [6.45, 7) is 9.58. The molecule has 17 heavy (non-hydrogen) atoms. The van der Waals surface area contributed by atoms with Gasteiger partial charge in [0.1, 0.15) is 0 Å². The third-order valence-corrected chi connectivity index (χ3v) is 5.76. The Kier molecular flexibility index (Phi) is 5.64. The van der Waals surface area contributed by atoms with Gasteiger partial charge in [0, 0.05) is 26.8 Å². The zero-order chi connectivity index (χ0) is 13.2. The first-order chi connectivity index (χ1) is 7.88. The van der Waals surface area contributed by atoms with Crippen molar-refractivity contribution in [2.45, 2.75) is 39.8 Å². The lowest BCUT2D eigenvalue weighted by Crippen LogP contribution is -2.39. The van der Waals surface area contributed by atoms with Gasteiger partial charge >= 0.3 is 0 Å². The Morgan fingerprint density at radius 1 is 1.41 bits per heavy atom. The summed E-state index contributed by atoms with van der Waals surface area (Å²) in [6.07, 6.45) is 0. The molecule has 0 aliphatic heterocycles. The number of rotatable bonds is 5. The monoisotopic (exact) mass is 318 g/mol. The quantitative estimate of drug-likeness (QED) is 0.894. The van der Waals surface area contributed by atoms with E-state index in [1.807, 2.05) is 11.3 Å². The van der Waals surface area contributed by atoms with Crippen molar-refractivity contribution in [3.8, 4) is 0 Å². The van der Waals surface area contributed by atoms with Crippen molar-refractivity contribution in [1.29, 1.82) is 0 Å². The van der Waals surface area contributed by atoms with Crippen molar-refractivity contribution in [2.75, 3.05) is 13.6 Å². The number of nitrogens with two attached hydrogens (primary N) is 1. The number of thiophene rings is 1. The molecule has 4 heteroatoms. The van der Waals surface area contributed by atoms with E-state index in [0.717, 1.165) is 0 Å². The van der Waals surface area contributed by atoms with Crippen LogP contribution in [0.15, 0.2) is 10.5 Å². The molecule has 0 spiro atoms. The summed E-state index contributed by atoms with van der Waals surface area (Å²) in [5.41, 5.74) is 5.95. The predicted octanol–water partition coefficient (Wildman–Crippen LogP) is 3.80. The molecule has 0 radical (unpaired) electrons. The van der Waals surface area contributed by atoms with E-state index in [2.05, 4.69) is 61.6 Å². The fourth-order valence-corrected chi connectivity index (χ4v) is 3.61. The molecule has 2 nitrogen and oxygen atoms in total. The van der Waals surface area contributed by atoms with Crippen molar-refractivity contribution in [3.05, 3.63) is 20.3 Å². The third-order valence-electron chi connectivity index (χ3n) is 3.53. The molecule has 2 N–H and O–H groups in total. The normalized spacial score (nSPS) is 15.6. The Morgan fingerprint density at radius 3 is 2.35 bits per heavy atom. The minimum absolute atomic E-state index is 0.322. The maximum absolute atomic E-state index is 5.95. The van der Waals surface area contributed by atoms with Crippen molar-refractivity contribution < 1.29 is 0 Å². The van der Waals surface area contributed by atoms with Crippen LogP contribution in [0.4, 0.5) is 0 Å². The zero-order valence-corrected chi connectivity index (χ0v) is 13.7. The molecule has 2 atom stereocenters. The molecule has 0 saturated carbocycles. The topological polar surface area (TPSA) is 29.3 Å². The van der Waals surface area contributed by atoms with E-state index in [1.54, 1.807) is 0 Å². The maximum Gasteiger partial charge on any atom is 0.0564 e. The Hall–Kier alpha value is 0.100. The average molecular weight is 319 g/mol. The molecule has 98 valence electrons. The molecule has 1 rings (SSSR count). The minimum atomic E-state index is 0.322. The van der Waals surface area contributed by atoms with Gasteiger partial charge in [-0.25, -0.2) is 0 Å². The van der Waals surface area contributed by atoms with Gasteiger partial charge in [0.25, 0.3) is 0 Å². The first-order valence-corrected chi connectivity index (χ1v) is 7.67. The fraction of sp³-hybridized carbons (Fsp3) is 0.692. The number of likely N-dealkylation sites (N-methyl/N-ethyl adjacent to an activating group) is 1. The van der Waals surface area contributed by atoms with Crippen LogP contribution in [-0.4, -0.2) is 24.5 Å². The van der Waals surface area contributed by atoms with Gasteiger partial charge in [-0.1, -0.05) is 13.8 Å². The van der Waals surface area contributed by atoms with Gasteiger partial charge in [-0.3, -0.25) is 4.90 Å². The maximum atomic E-state index is 5.95. The molecule has 0 aromatic carbocycles. The summed E-state index contributed by atoms with van der Waals surface area (Å²) in [6, 6.07) is 3.06. The highest BCUT2D eigenvalue weighted by atomic mass is 79.9. The van der Waals surface area contributed by atoms with Gasteiger partial charge in [-0.2, -0.15) is 0 Å². The standard InChI is InChI=1S/C13H23BrN2S/c1-8(2)9(3)16(5)12(7-15)13-6-11(14)10(4)17-13/h6,8-9,12H,7,15H2,1-5H3. The number of aryl methyl sites for hydroxylation is 1. The highest BCUT2D eigenvalue weighted by molar-refractivity contribution is 9.10. The summed E-state index contributed by atoms with van der Waals surface area (Å²) in [5.74, 6) is 0.638. The van der Waals surface area contributed by atoms with Gasteiger partial charge in [0.15, 0.2) is 0 Å². The lowest BCUT2D eigenvalue weighted by Gasteiger charge is -2.34. The lowest BCUT2D eigenvalue weighted by atomic mass is 10.0. The second-order valence-electron chi connectivity index (χ2n) is 4.95. The van der Waals surface area contributed by atoms with Crippen LogP contribution in [0.3, 0.4) is 0 Å². The van der Waals surface area contributed by atoms with E-state index >= 15 is 0 Å². The van der Waals surface area contributed by atoms with Gasteiger partial charge in [-0.05, 0) is 48.8 Å². The van der Waals surface area contributed by atoms with Crippen LogP contribution < -0.4 is 5.73 Å². The Morgan fingerprint density at radius 2 is 2.00 bits per heavy atom. The van der Waals surface area contributed by atoms with Crippen molar-refractivity contribution >= 4 is 27.3 Å². The number of hydrogen-bond donors (Lipinski definition) is 1. The van der Waals surface area contributed by atoms with E-state index in [9.17, 15) is 0 Å². The highest BCUT2D eigenvalue weighted by Gasteiger charge is 2.24. The minimum Gasteiger partial charge on any atom is -0.329 e. The van der Waals surface area contributed by atoms with Crippen LogP contribution >= 0.6 is 27.3 Å². The molecule has 0 saturated heterocycles. The van der Waals surface area contributed by atoms with Crippen LogP contribution in [0.1, 0.15) is 36.6 Å². The van der Waals surface area contributed by atoms with Crippen molar-refractivity contribution in [1.82, 2.24) is 4.90 Å². The van der Waals surface area contributed by atoms with Gasteiger partial charge < -0.3 is 5.73 Å². The van der Waals surface area contributed by atoms with Crippen molar-refractivity contribution in [3.63, 3.8) is 0 Å². The van der Waals surface area contributed by atoms with E-state index in [0.29, 0.717) is 24.5 Å². The molecule has 1 aromatic heterocycles. The smallest absolute Gasteiger partial charge is 0.0564 e. The molecule has 0 aliphatic rings. The van der Waals surface area contributed by atoms with Crippen LogP contribution in [0.5, 0.6) is 0 Å². The molecular weight excluding hydrogens is 296 g/mol. The Labute approximate surface area is 117 Å². The molecular formula is C13H23BrN2S. The van der Waals surface area contributed by atoms with Crippen LogP contribution in [0.25, 0.3) is 0 Å². The van der Waals surface area contributed by atoms with Crippen molar-refractivity contribution in [2.24, 2.45) is 11.7 Å². The highest BCUT2D eigenvalue weighted by Crippen LogP contribution is 2.33. The van der Waals surface area contributed by atoms with Crippen LogP contribution in [0.2, 0.25) is 0 Å².